The first-order valence-electron chi connectivity index (χ1n) is 7.35. The molecule has 2 aromatic rings. The lowest BCUT2D eigenvalue weighted by molar-refractivity contribution is 0.0259. The van der Waals surface area contributed by atoms with E-state index in [-0.39, 0.29) is 12.1 Å². The third kappa shape index (κ3) is 3.66. The second kappa shape index (κ2) is 7.87. The molecule has 0 bridgehead atoms. The summed E-state index contributed by atoms with van der Waals surface area (Å²) < 4.78 is 7.64. The van der Waals surface area contributed by atoms with Gasteiger partial charge in [0.1, 0.15) is 0 Å². The Bertz CT molecular complexity index is 522. The van der Waals surface area contributed by atoms with E-state index in [9.17, 15) is 0 Å². The molecule has 2 rings (SSSR count). The molecule has 0 amide bonds. The molecule has 1 aromatic heterocycles. The van der Waals surface area contributed by atoms with Crippen LogP contribution in [-0.2, 0) is 4.74 Å². The molecule has 21 heavy (non-hydrogen) atoms. The van der Waals surface area contributed by atoms with Gasteiger partial charge < -0.3 is 4.74 Å². The minimum Gasteiger partial charge on any atom is -0.376 e. The number of ether oxygens (including phenoxy) is 1. The lowest BCUT2D eigenvalue weighted by atomic mass is 10.0. The number of aromatic nitrogens is 3. The maximum Gasteiger partial charge on any atom is 0.0911 e. The zero-order valence-electron chi connectivity index (χ0n) is 12.6. The maximum absolute atomic E-state index is 5.84. The average molecular weight is 289 g/mol. The molecule has 0 aliphatic rings. The van der Waals surface area contributed by atoms with Crippen LogP contribution < -0.4 is 11.3 Å². The van der Waals surface area contributed by atoms with E-state index in [1.807, 2.05) is 37.3 Å². The van der Waals surface area contributed by atoms with E-state index in [4.69, 9.17) is 10.6 Å². The Kier molecular flexibility index (Phi) is 5.86. The molecule has 0 saturated carbocycles. The summed E-state index contributed by atoms with van der Waals surface area (Å²) in [6, 6.07) is 9.73. The molecule has 114 valence electrons. The van der Waals surface area contributed by atoms with Crippen molar-refractivity contribution in [1.82, 2.24) is 20.4 Å². The minimum absolute atomic E-state index is 0.00837. The number of hydrogen-bond acceptors (Lipinski definition) is 5. The summed E-state index contributed by atoms with van der Waals surface area (Å²) in [7, 11) is 0. The molecule has 0 aliphatic heterocycles. The van der Waals surface area contributed by atoms with Crippen molar-refractivity contribution in [3.63, 3.8) is 0 Å². The van der Waals surface area contributed by atoms with Gasteiger partial charge in [-0.2, -0.15) is 0 Å². The number of nitrogens with one attached hydrogen (secondary N) is 1. The lowest BCUT2D eigenvalue weighted by Gasteiger charge is -2.26. The Hall–Kier alpha value is -1.76. The molecule has 1 aromatic carbocycles. The quantitative estimate of drug-likeness (QED) is 0.574. The van der Waals surface area contributed by atoms with Crippen LogP contribution in [0.2, 0.25) is 0 Å². The van der Waals surface area contributed by atoms with Gasteiger partial charge in [0.05, 0.1) is 29.7 Å². The van der Waals surface area contributed by atoms with E-state index in [0.717, 1.165) is 24.2 Å². The van der Waals surface area contributed by atoms with Crippen molar-refractivity contribution in [1.29, 1.82) is 0 Å². The van der Waals surface area contributed by atoms with E-state index in [0.29, 0.717) is 6.61 Å². The van der Waals surface area contributed by atoms with Crippen molar-refractivity contribution < 1.29 is 4.74 Å². The first-order chi connectivity index (χ1) is 10.3. The van der Waals surface area contributed by atoms with Gasteiger partial charge in [-0.3, -0.25) is 5.84 Å². The molecule has 2 unspecified atom stereocenters. The summed E-state index contributed by atoms with van der Waals surface area (Å²) in [5.41, 5.74) is 4.71. The molecule has 6 nitrogen and oxygen atoms in total. The number of nitrogens with zero attached hydrogens (tertiary/aromatic N) is 3. The first-order valence-corrected chi connectivity index (χ1v) is 7.35. The largest absolute Gasteiger partial charge is 0.376 e. The smallest absolute Gasteiger partial charge is 0.0911 e. The summed E-state index contributed by atoms with van der Waals surface area (Å²) in [5.74, 6) is 5.77. The van der Waals surface area contributed by atoms with Crippen LogP contribution in [0.25, 0.3) is 5.69 Å². The van der Waals surface area contributed by atoms with Gasteiger partial charge in [-0.05, 0) is 25.5 Å². The molecule has 0 saturated heterocycles. The molecule has 1 heterocycles. The summed E-state index contributed by atoms with van der Waals surface area (Å²) in [6.45, 7) is 4.77. The highest BCUT2D eigenvalue weighted by atomic mass is 16.5. The Morgan fingerprint density at radius 3 is 2.67 bits per heavy atom. The molecular formula is C15H23N5O. The van der Waals surface area contributed by atoms with Crippen molar-refractivity contribution in [3.8, 4) is 5.69 Å². The summed E-state index contributed by atoms with van der Waals surface area (Å²) in [5, 5.41) is 8.21. The van der Waals surface area contributed by atoms with E-state index in [1.165, 1.54) is 0 Å². The highest BCUT2D eigenvalue weighted by molar-refractivity contribution is 5.32. The zero-order chi connectivity index (χ0) is 15.1. The fourth-order valence-corrected chi connectivity index (χ4v) is 2.45. The summed E-state index contributed by atoms with van der Waals surface area (Å²) in [4.78, 5) is 0. The third-order valence-corrected chi connectivity index (χ3v) is 3.40. The van der Waals surface area contributed by atoms with Crippen LogP contribution in [0.3, 0.4) is 0 Å². The molecule has 0 radical (unpaired) electrons. The van der Waals surface area contributed by atoms with E-state index in [1.54, 1.807) is 10.9 Å². The standard InChI is InChI=1S/C15H23N5O/c1-3-8-14(21-4-2)15(18-16)13-11-17-19-20(13)12-9-6-5-7-10-12/h5-7,9-11,14-15,18H,3-4,8,16H2,1-2H3. The predicted octanol–water partition coefficient (Wildman–Crippen LogP) is 1.98. The number of hydrogen-bond donors (Lipinski definition) is 2. The lowest BCUT2D eigenvalue weighted by Crippen LogP contribution is -2.39. The molecule has 3 N–H and O–H groups in total. The molecule has 6 heteroatoms. The van der Waals surface area contributed by atoms with Gasteiger partial charge in [-0.1, -0.05) is 36.8 Å². The Morgan fingerprint density at radius 2 is 2.05 bits per heavy atom. The molecule has 0 spiro atoms. The van der Waals surface area contributed by atoms with Gasteiger partial charge >= 0.3 is 0 Å². The fraction of sp³-hybridized carbons (Fsp3) is 0.467. The van der Waals surface area contributed by atoms with Crippen LogP contribution in [0.1, 0.15) is 38.4 Å². The Morgan fingerprint density at radius 1 is 1.29 bits per heavy atom. The average Bonchev–Trinajstić information content (AvgIpc) is 2.99. The number of rotatable bonds is 8. The van der Waals surface area contributed by atoms with Crippen molar-refractivity contribution in [2.75, 3.05) is 6.61 Å². The first kappa shape index (κ1) is 15.6. The van der Waals surface area contributed by atoms with Gasteiger partial charge in [0.25, 0.3) is 0 Å². The highest BCUT2D eigenvalue weighted by Gasteiger charge is 2.26. The zero-order valence-corrected chi connectivity index (χ0v) is 12.6. The SMILES string of the molecule is CCCC(OCC)C(NN)c1cnnn1-c1ccccc1. The van der Waals surface area contributed by atoms with Crippen molar-refractivity contribution in [3.05, 3.63) is 42.2 Å². The second-order valence-electron chi connectivity index (χ2n) is 4.83. The third-order valence-electron chi connectivity index (χ3n) is 3.40. The van der Waals surface area contributed by atoms with Crippen LogP contribution in [0, 0.1) is 0 Å². The predicted molar refractivity (Wildman–Crippen MR) is 81.7 cm³/mol. The monoisotopic (exact) mass is 289 g/mol. The molecule has 2 atom stereocenters. The minimum atomic E-state index is -0.153. The molecule has 0 fully saturated rings. The normalized spacial score (nSPS) is 14.0. The summed E-state index contributed by atoms with van der Waals surface area (Å²) in [6.07, 6.45) is 3.67. The van der Waals surface area contributed by atoms with E-state index >= 15 is 0 Å². The van der Waals surface area contributed by atoms with Gasteiger partial charge in [0.15, 0.2) is 0 Å². The highest BCUT2D eigenvalue weighted by Crippen LogP contribution is 2.23. The van der Waals surface area contributed by atoms with E-state index < -0.39 is 0 Å². The van der Waals surface area contributed by atoms with Crippen LogP contribution in [0.5, 0.6) is 0 Å². The topological polar surface area (TPSA) is 78.0 Å². The Balaban J connectivity index is 2.32. The van der Waals surface area contributed by atoms with Gasteiger partial charge in [-0.25, -0.2) is 10.1 Å². The summed E-state index contributed by atoms with van der Waals surface area (Å²) >= 11 is 0. The Labute approximate surface area is 125 Å². The molecular weight excluding hydrogens is 266 g/mol. The number of benzene rings is 1. The van der Waals surface area contributed by atoms with Gasteiger partial charge in [0, 0.05) is 6.61 Å². The second-order valence-corrected chi connectivity index (χ2v) is 4.83. The van der Waals surface area contributed by atoms with Crippen molar-refractivity contribution in [2.24, 2.45) is 5.84 Å². The molecule has 0 aliphatic carbocycles. The van der Waals surface area contributed by atoms with Crippen LogP contribution >= 0.6 is 0 Å². The van der Waals surface area contributed by atoms with Gasteiger partial charge in [0.2, 0.25) is 0 Å². The maximum atomic E-state index is 5.84. The van der Waals surface area contributed by atoms with Crippen LogP contribution in [0.15, 0.2) is 36.5 Å². The van der Waals surface area contributed by atoms with Crippen LogP contribution in [-0.4, -0.2) is 27.7 Å². The van der Waals surface area contributed by atoms with Crippen LogP contribution in [0.4, 0.5) is 0 Å². The van der Waals surface area contributed by atoms with Gasteiger partial charge in [-0.15, -0.1) is 5.10 Å². The fourth-order valence-electron chi connectivity index (χ4n) is 2.45. The van der Waals surface area contributed by atoms with E-state index in [2.05, 4.69) is 22.7 Å². The number of para-hydroxylation sites is 1. The number of nitrogens with two attached hydrogens (primary N) is 1. The van der Waals surface area contributed by atoms with Crippen molar-refractivity contribution >= 4 is 0 Å². The van der Waals surface area contributed by atoms with Crippen molar-refractivity contribution in [2.45, 2.75) is 38.8 Å². The number of hydrazine groups is 1.